The number of rotatable bonds is 9. The molecule has 4 aromatic rings. The van der Waals surface area contributed by atoms with Gasteiger partial charge in [0.25, 0.3) is 5.91 Å². The zero-order valence-corrected chi connectivity index (χ0v) is 17.7. The zero-order chi connectivity index (χ0) is 22.3. The van der Waals surface area contributed by atoms with Gasteiger partial charge in [-0.1, -0.05) is 18.2 Å². The fourth-order valence-electron chi connectivity index (χ4n) is 2.88. The second-order valence-corrected chi connectivity index (χ2v) is 7.70. The van der Waals surface area contributed by atoms with Crippen molar-refractivity contribution in [2.24, 2.45) is 0 Å². The fraction of sp³-hybridized carbons (Fsp3) is 0.182. The Labute approximate surface area is 186 Å². The Kier molecular flexibility index (Phi) is 6.71. The molecule has 2 aromatic heterocycles. The van der Waals surface area contributed by atoms with Gasteiger partial charge in [-0.2, -0.15) is 5.10 Å². The van der Waals surface area contributed by atoms with Gasteiger partial charge < -0.3 is 14.8 Å². The van der Waals surface area contributed by atoms with Crippen molar-refractivity contribution < 1.29 is 23.5 Å². The van der Waals surface area contributed by atoms with Gasteiger partial charge in [0.1, 0.15) is 29.8 Å². The maximum absolute atomic E-state index is 12.9. The first-order valence-electron chi connectivity index (χ1n) is 9.77. The normalized spacial score (nSPS) is 10.8. The van der Waals surface area contributed by atoms with Gasteiger partial charge in [-0.3, -0.25) is 14.7 Å². The molecule has 0 aliphatic heterocycles. The van der Waals surface area contributed by atoms with Gasteiger partial charge >= 0.3 is 5.97 Å². The molecule has 0 spiro atoms. The first-order chi connectivity index (χ1) is 15.6. The molecule has 0 radical (unpaired) electrons. The highest BCUT2D eigenvalue weighted by atomic mass is 32.1. The summed E-state index contributed by atoms with van der Waals surface area (Å²) in [7, 11) is 0. The highest BCUT2D eigenvalue weighted by molar-refractivity contribution is 7.09. The Morgan fingerprint density at radius 2 is 1.91 bits per heavy atom. The minimum atomic E-state index is -0.450. The molecule has 0 unspecified atom stereocenters. The number of nitrogens with one attached hydrogen (secondary N) is 2. The number of carbonyl (C=O) groups excluding carboxylic acids is 2. The number of hydrogen-bond donors (Lipinski definition) is 2. The lowest BCUT2D eigenvalue weighted by Crippen LogP contribution is -2.27. The van der Waals surface area contributed by atoms with Crippen molar-refractivity contribution in [1.82, 2.24) is 20.5 Å². The Morgan fingerprint density at radius 3 is 2.75 bits per heavy atom. The predicted molar refractivity (Wildman–Crippen MR) is 116 cm³/mol. The average molecular weight is 454 g/mol. The van der Waals surface area contributed by atoms with E-state index in [1.807, 2.05) is 18.2 Å². The number of carbonyl (C=O) groups is 2. The van der Waals surface area contributed by atoms with E-state index in [2.05, 4.69) is 20.5 Å². The van der Waals surface area contributed by atoms with E-state index in [4.69, 9.17) is 9.47 Å². The number of aromatic nitrogens is 3. The number of amides is 1. The number of para-hydroxylation sites is 1. The van der Waals surface area contributed by atoms with Crippen LogP contribution in [0.5, 0.6) is 5.75 Å². The molecule has 0 aliphatic carbocycles. The molecule has 2 aromatic carbocycles. The third kappa shape index (κ3) is 5.46. The molecular weight excluding hydrogens is 435 g/mol. The van der Waals surface area contributed by atoms with Crippen molar-refractivity contribution >= 4 is 34.1 Å². The Bertz CT molecular complexity index is 1220. The second kappa shape index (κ2) is 10.0. The summed E-state index contributed by atoms with van der Waals surface area (Å²) in [6, 6.07) is 13.0. The second-order valence-electron chi connectivity index (χ2n) is 6.76. The van der Waals surface area contributed by atoms with Gasteiger partial charge in [-0.05, 0) is 30.3 Å². The van der Waals surface area contributed by atoms with Crippen LogP contribution in [-0.2, 0) is 22.7 Å². The van der Waals surface area contributed by atoms with Crippen LogP contribution in [0.4, 0.5) is 4.39 Å². The van der Waals surface area contributed by atoms with E-state index in [-0.39, 0.29) is 43.6 Å². The van der Waals surface area contributed by atoms with Gasteiger partial charge in [0, 0.05) is 17.3 Å². The Hall–Kier alpha value is -3.79. The van der Waals surface area contributed by atoms with Crippen LogP contribution >= 0.6 is 11.3 Å². The van der Waals surface area contributed by atoms with Crippen LogP contribution in [0.2, 0.25) is 0 Å². The lowest BCUT2D eigenvalue weighted by Gasteiger charge is -2.05. The highest BCUT2D eigenvalue weighted by Gasteiger charge is 2.14. The van der Waals surface area contributed by atoms with Gasteiger partial charge in [-0.25, -0.2) is 9.37 Å². The summed E-state index contributed by atoms with van der Waals surface area (Å²) in [4.78, 5) is 28.6. The molecule has 32 heavy (non-hydrogen) atoms. The number of benzene rings is 2. The minimum Gasteiger partial charge on any atom is -0.486 e. The van der Waals surface area contributed by atoms with Crippen molar-refractivity contribution in [2.45, 2.75) is 19.6 Å². The Morgan fingerprint density at radius 1 is 1.09 bits per heavy atom. The molecule has 0 fully saturated rings. The fourth-order valence-corrected chi connectivity index (χ4v) is 3.57. The maximum atomic E-state index is 12.9. The SMILES string of the molecule is O=C(CCNC(=O)c1n[nH]c2ccccc12)OCc1csc(COc2ccc(F)cc2)n1. The molecule has 10 heteroatoms. The summed E-state index contributed by atoms with van der Waals surface area (Å²) in [5.41, 5.74) is 1.66. The molecule has 0 saturated heterocycles. The number of H-pyrrole nitrogens is 1. The van der Waals surface area contributed by atoms with Gasteiger partial charge in [-0.15, -0.1) is 11.3 Å². The summed E-state index contributed by atoms with van der Waals surface area (Å²) in [6.07, 6.45) is 0.0266. The van der Waals surface area contributed by atoms with Crippen LogP contribution in [0.15, 0.2) is 53.9 Å². The standard InChI is InChI=1S/C22H19FN4O4S/c23-14-5-7-16(8-6-14)30-12-19-25-15(13-32-19)11-31-20(28)9-10-24-22(29)21-17-3-1-2-4-18(17)26-27-21/h1-8,13H,9-12H2,(H,24,29)(H,26,27). The Balaban J connectivity index is 1.17. The third-order valence-electron chi connectivity index (χ3n) is 4.46. The lowest BCUT2D eigenvalue weighted by molar-refractivity contribution is -0.144. The van der Waals surface area contributed by atoms with Crippen molar-refractivity contribution in [2.75, 3.05) is 6.54 Å². The number of thiazole rings is 1. The lowest BCUT2D eigenvalue weighted by atomic mass is 10.2. The summed E-state index contributed by atoms with van der Waals surface area (Å²) in [5.74, 6) is -0.598. The van der Waals surface area contributed by atoms with Crippen molar-refractivity contribution in [3.05, 3.63) is 76.1 Å². The molecule has 8 nitrogen and oxygen atoms in total. The molecule has 1 amide bonds. The molecule has 4 rings (SSSR count). The number of halogens is 1. The van der Waals surface area contributed by atoms with Gasteiger partial charge in [0.05, 0.1) is 17.6 Å². The number of aromatic amines is 1. The van der Waals surface area contributed by atoms with E-state index in [0.717, 1.165) is 10.9 Å². The van der Waals surface area contributed by atoms with Crippen LogP contribution < -0.4 is 10.1 Å². The van der Waals surface area contributed by atoms with Crippen LogP contribution in [0.1, 0.15) is 27.6 Å². The van der Waals surface area contributed by atoms with Gasteiger partial charge in [0.2, 0.25) is 0 Å². The van der Waals surface area contributed by atoms with Crippen molar-refractivity contribution in [3.8, 4) is 5.75 Å². The van der Waals surface area contributed by atoms with E-state index >= 15 is 0 Å². The van der Waals surface area contributed by atoms with Crippen molar-refractivity contribution in [1.29, 1.82) is 0 Å². The topological polar surface area (TPSA) is 106 Å². The molecule has 0 aliphatic rings. The maximum Gasteiger partial charge on any atom is 0.307 e. The molecule has 2 heterocycles. The smallest absolute Gasteiger partial charge is 0.307 e. The molecule has 164 valence electrons. The van der Waals surface area contributed by atoms with Crippen LogP contribution in [0.25, 0.3) is 10.9 Å². The average Bonchev–Trinajstić information content (AvgIpc) is 3.44. The first kappa shape index (κ1) is 21.4. The molecule has 0 saturated carbocycles. The van der Waals surface area contributed by atoms with Crippen LogP contribution in [0, 0.1) is 5.82 Å². The summed E-state index contributed by atoms with van der Waals surface area (Å²) < 4.78 is 23.7. The van der Waals surface area contributed by atoms with E-state index in [1.54, 1.807) is 23.6 Å². The minimum absolute atomic E-state index is 0.0266. The van der Waals surface area contributed by atoms with E-state index in [9.17, 15) is 14.0 Å². The van der Waals surface area contributed by atoms with E-state index in [0.29, 0.717) is 16.5 Å². The number of ether oxygens (including phenoxy) is 2. The van der Waals surface area contributed by atoms with Crippen LogP contribution in [0.3, 0.4) is 0 Å². The highest BCUT2D eigenvalue weighted by Crippen LogP contribution is 2.17. The largest absolute Gasteiger partial charge is 0.486 e. The number of fused-ring (bicyclic) bond motifs is 1. The molecule has 0 bridgehead atoms. The summed E-state index contributed by atoms with van der Waals surface area (Å²) >= 11 is 1.38. The number of esters is 1. The summed E-state index contributed by atoms with van der Waals surface area (Å²) in [5, 5.41) is 12.7. The van der Waals surface area contributed by atoms with Gasteiger partial charge in [0.15, 0.2) is 5.69 Å². The van der Waals surface area contributed by atoms with E-state index < -0.39 is 5.97 Å². The summed E-state index contributed by atoms with van der Waals surface area (Å²) in [6.45, 7) is 0.397. The molecular formula is C22H19FN4O4S. The monoisotopic (exact) mass is 454 g/mol. The van der Waals surface area contributed by atoms with Crippen LogP contribution in [-0.4, -0.2) is 33.6 Å². The number of hydrogen-bond acceptors (Lipinski definition) is 7. The molecule has 2 N–H and O–H groups in total. The zero-order valence-electron chi connectivity index (χ0n) is 16.8. The molecule has 0 atom stereocenters. The predicted octanol–water partition coefficient (Wildman–Crippen LogP) is 3.60. The quantitative estimate of drug-likeness (QED) is 0.374. The van der Waals surface area contributed by atoms with E-state index in [1.165, 1.54) is 23.5 Å². The third-order valence-corrected chi connectivity index (χ3v) is 5.33. The number of nitrogens with zero attached hydrogens (tertiary/aromatic N) is 2. The van der Waals surface area contributed by atoms with Crippen molar-refractivity contribution in [3.63, 3.8) is 0 Å². The first-order valence-corrected chi connectivity index (χ1v) is 10.6.